The summed E-state index contributed by atoms with van der Waals surface area (Å²) in [6.45, 7) is 3.21. The Balaban J connectivity index is 2.27. The first-order valence-corrected chi connectivity index (χ1v) is 6.53. The molecule has 1 aromatic carbocycles. The first-order chi connectivity index (χ1) is 9.48. The third-order valence-corrected chi connectivity index (χ3v) is 3.86. The molecular formula is C14H17FN2O3. The molecule has 1 atom stereocenters. The van der Waals surface area contributed by atoms with E-state index in [1.165, 1.54) is 0 Å². The van der Waals surface area contributed by atoms with Gasteiger partial charge in [-0.15, -0.1) is 0 Å². The van der Waals surface area contributed by atoms with Crippen LogP contribution in [-0.2, 0) is 4.79 Å². The van der Waals surface area contributed by atoms with Crippen molar-refractivity contribution in [2.75, 3.05) is 18.4 Å². The van der Waals surface area contributed by atoms with Crippen LogP contribution in [-0.4, -0.2) is 30.1 Å². The molecule has 0 aromatic heterocycles. The van der Waals surface area contributed by atoms with E-state index in [0.717, 1.165) is 24.7 Å². The highest BCUT2D eigenvalue weighted by molar-refractivity contribution is 6.02. The van der Waals surface area contributed by atoms with Gasteiger partial charge in [-0.25, -0.2) is 9.18 Å². The minimum atomic E-state index is -1.20. The summed E-state index contributed by atoms with van der Waals surface area (Å²) in [5.74, 6) is -2.05. The molecule has 1 fully saturated rings. The maximum atomic E-state index is 13.3. The number of hydrogen-bond donors (Lipinski definition) is 3. The fraction of sp³-hybridized carbons (Fsp3) is 0.429. The van der Waals surface area contributed by atoms with Crippen molar-refractivity contribution in [3.05, 3.63) is 29.6 Å². The minimum absolute atomic E-state index is 0.00206. The zero-order valence-electron chi connectivity index (χ0n) is 11.2. The van der Waals surface area contributed by atoms with Gasteiger partial charge in [-0.2, -0.15) is 0 Å². The lowest BCUT2D eigenvalue weighted by molar-refractivity contribution is -0.124. The molecule has 5 nitrogen and oxygen atoms in total. The Morgan fingerprint density at radius 2 is 2.25 bits per heavy atom. The van der Waals surface area contributed by atoms with Crippen LogP contribution in [0.4, 0.5) is 10.1 Å². The molecule has 1 aliphatic heterocycles. The lowest BCUT2D eigenvalue weighted by Crippen LogP contribution is -2.38. The molecule has 0 radical (unpaired) electrons. The number of aromatic carboxylic acids is 1. The Hall–Kier alpha value is -1.95. The average molecular weight is 280 g/mol. The van der Waals surface area contributed by atoms with Gasteiger partial charge in [0.25, 0.3) is 0 Å². The number of amides is 1. The lowest BCUT2D eigenvalue weighted by atomic mass is 9.83. The third kappa shape index (κ3) is 2.65. The Kier molecular flexibility index (Phi) is 4.04. The average Bonchev–Trinajstić information content (AvgIpc) is 2.88. The fourth-order valence-electron chi connectivity index (χ4n) is 2.46. The molecule has 0 spiro atoms. The molecule has 1 unspecified atom stereocenters. The fourth-order valence-corrected chi connectivity index (χ4v) is 2.46. The van der Waals surface area contributed by atoms with Crippen LogP contribution in [0.2, 0.25) is 0 Å². The van der Waals surface area contributed by atoms with Crippen LogP contribution in [0.5, 0.6) is 0 Å². The molecule has 0 aliphatic carbocycles. The van der Waals surface area contributed by atoms with Gasteiger partial charge in [-0.05, 0) is 37.6 Å². The minimum Gasteiger partial charge on any atom is -0.478 e. The summed E-state index contributed by atoms with van der Waals surface area (Å²) >= 11 is 0. The molecule has 0 bridgehead atoms. The number of carbonyl (C=O) groups excluding carboxylic acids is 1. The van der Waals surface area contributed by atoms with Gasteiger partial charge in [0.2, 0.25) is 5.91 Å². The van der Waals surface area contributed by atoms with Crippen molar-refractivity contribution in [1.29, 1.82) is 0 Å². The zero-order valence-corrected chi connectivity index (χ0v) is 11.2. The topological polar surface area (TPSA) is 78.4 Å². The van der Waals surface area contributed by atoms with Crippen molar-refractivity contribution >= 4 is 17.6 Å². The molecule has 1 heterocycles. The first-order valence-electron chi connectivity index (χ1n) is 6.53. The largest absolute Gasteiger partial charge is 0.478 e. The number of benzene rings is 1. The molecule has 0 saturated carbocycles. The number of halogens is 1. The Morgan fingerprint density at radius 3 is 2.80 bits per heavy atom. The summed E-state index contributed by atoms with van der Waals surface area (Å²) in [5.41, 5.74) is -0.665. The monoisotopic (exact) mass is 280 g/mol. The SMILES string of the molecule is CCC1(C(=O)Nc2cc(F)ccc2C(=O)O)CCNC1. The second kappa shape index (κ2) is 5.58. The van der Waals surface area contributed by atoms with Gasteiger partial charge in [0.05, 0.1) is 16.7 Å². The van der Waals surface area contributed by atoms with Crippen LogP contribution in [0, 0.1) is 11.2 Å². The molecule has 1 aliphatic rings. The molecule has 108 valence electrons. The van der Waals surface area contributed by atoms with E-state index in [1.54, 1.807) is 0 Å². The molecular weight excluding hydrogens is 263 g/mol. The number of carboxylic acid groups (broad SMARTS) is 1. The van der Waals surface area contributed by atoms with Crippen LogP contribution < -0.4 is 10.6 Å². The number of rotatable bonds is 4. The molecule has 2 rings (SSSR count). The number of carboxylic acids is 1. The quantitative estimate of drug-likeness (QED) is 0.786. The van der Waals surface area contributed by atoms with Crippen LogP contribution in [0.3, 0.4) is 0 Å². The summed E-state index contributed by atoms with van der Waals surface area (Å²) in [6, 6.07) is 3.25. The highest BCUT2D eigenvalue weighted by Crippen LogP contribution is 2.31. The van der Waals surface area contributed by atoms with Crippen LogP contribution in [0.15, 0.2) is 18.2 Å². The van der Waals surface area contributed by atoms with Gasteiger partial charge in [0.15, 0.2) is 0 Å². The van der Waals surface area contributed by atoms with Gasteiger partial charge >= 0.3 is 5.97 Å². The Labute approximate surface area is 116 Å². The lowest BCUT2D eigenvalue weighted by Gasteiger charge is -2.25. The van der Waals surface area contributed by atoms with E-state index in [0.29, 0.717) is 19.4 Å². The summed E-state index contributed by atoms with van der Waals surface area (Å²) in [4.78, 5) is 23.5. The third-order valence-electron chi connectivity index (χ3n) is 3.86. The van der Waals surface area contributed by atoms with E-state index >= 15 is 0 Å². The van der Waals surface area contributed by atoms with Gasteiger partial charge in [0, 0.05) is 6.54 Å². The normalized spacial score (nSPS) is 21.7. The molecule has 6 heteroatoms. The zero-order chi connectivity index (χ0) is 14.8. The second-order valence-electron chi connectivity index (χ2n) is 5.01. The van der Waals surface area contributed by atoms with E-state index in [-0.39, 0.29) is 17.2 Å². The number of nitrogens with one attached hydrogen (secondary N) is 2. The molecule has 1 aromatic rings. The van der Waals surface area contributed by atoms with Gasteiger partial charge in [0.1, 0.15) is 5.82 Å². The van der Waals surface area contributed by atoms with Crippen molar-refractivity contribution in [1.82, 2.24) is 5.32 Å². The standard InChI is InChI=1S/C14H17FN2O3/c1-2-14(5-6-16-8-14)13(20)17-11-7-9(15)3-4-10(11)12(18)19/h3-4,7,16H,2,5-6,8H2,1H3,(H,17,20)(H,18,19). The van der Waals surface area contributed by atoms with Crippen LogP contribution >= 0.6 is 0 Å². The summed E-state index contributed by atoms with van der Waals surface area (Å²) in [5, 5.41) is 14.8. The predicted molar refractivity (Wildman–Crippen MR) is 72.2 cm³/mol. The second-order valence-corrected chi connectivity index (χ2v) is 5.01. The maximum absolute atomic E-state index is 13.3. The van der Waals surface area contributed by atoms with Crippen LogP contribution in [0.1, 0.15) is 30.1 Å². The van der Waals surface area contributed by atoms with E-state index in [1.807, 2.05) is 6.92 Å². The van der Waals surface area contributed by atoms with E-state index in [9.17, 15) is 14.0 Å². The van der Waals surface area contributed by atoms with Gasteiger partial charge in [-0.1, -0.05) is 6.92 Å². The number of hydrogen-bond acceptors (Lipinski definition) is 3. The molecule has 1 saturated heterocycles. The smallest absolute Gasteiger partial charge is 0.337 e. The molecule has 3 N–H and O–H groups in total. The predicted octanol–water partition coefficient (Wildman–Crippen LogP) is 1.85. The first kappa shape index (κ1) is 14.5. The van der Waals surface area contributed by atoms with E-state index < -0.39 is 17.2 Å². The van der Waals surface area contributed by atoms with Crippen LogP contribution in [0.25, 0.3) is 0 Å². The summed E-state index contributed by atoms with van der Waals surface area (Å²) < 4.78 is 13.3. The number of anilines is 1. The van der Waals surface area contributed by atoms with Crippen molar-refractivity contribution in [3.63, 3.8) is 0 Å². The van der Waals surface area contributed by atoms with Gasteiger partial charge < -0.3 is 15.7 Å². The van der Waals surface area contributed by atoms with E-state index in [2.05, 4.69) is 10.6 Å². The highest BCUT2D eigenvalue weighted by Gasteiger charge is 2.39. The van der Waals surface area contributed by atoms with Crippen molar-refractivity contribution in [2.45, 2.75) is 19.8 Å². The van der Waals surface area contributed by atoms with E-state index in [4.69, 9.17) is 5.11 Å². The van der Waals surface area contributed by atoms with Crippen molar-refractivity contribution in [3.8, 4) is 0 Å². The molecule has 20 heavy (non-hydrogen) atoms. The summed E-state index contributed by atoms with van der Waals surface area (Å²) in [6.07, 6.45) is 1.33. The Bertz CT molecular complexity index is 539. The number of carbonyl (C=O) groups is 2. The summed E-state index contributed by atoms with van der Waals surface area (Å²) in [7, 11) is 0. The van der Waals surface area contributed by atoms with Crippen molar-refractivity contribution < 1.29 is 19.1 Å². The maximum Gasteiger partial charge on any atom is 0.337 e. The highest BCUT2D eigenvalue weighted by atomic mass is 19.1. The van der Waals surface area contributed by atoms with Gasteiger partial charge in [-0.3, -0.25) is 4.79 Å². The molecule has 1 amide bonds. The van der Waals surface area contributed by atoms with Crippen molar-refractivity contribution in [2.24, 2.45) is 5.41 Å². The Morgan fingerprint density at radius 1 is 1.50 bits per heavy atom.